The van der Waals surface area contributed by atoms with Crippen LogP contribution in [-0.4, -0.2) is 65.4 Å². The molecular weight excluding hydrogens is 438 g/mol. The van der Waals surface area contributed by atoms with E-state index in [1.54, 1.807) is 15.9 Å². The van der Waals surface area contributed by atoms with Crippen molar-refractivity contribution in [3.63, 3.8) is 0 Å². The Morgan fingerprint density at radius 1 is 0.971 bits per heavy atom. The van der Waals surface area contributed by atoms with Crippen LogP contribution < -0.4 is 4.90 Å². The number of rotatable bonds is 7. The van der Waals surface area contributed by atoms with Gasteiger partial charge in [0.15, 0.2) is 0 Å². The third-order valence-electron chi connectivity index (χ3n) is 6.58. The number of hydrogen-bond acceptors (Lipinski definition) is 4. The molecule has 7 nitrogen and oxygen atoms in total. The second-order valence-corrected chi connectivity index (χ2v) is 8.58. The summed E-state index contributed by atoms with van der Waals surface area (Å²) in [6, 6.07) is 20.0. The molecule has 0 radical (unpaired) electrons. The second-order valence-electron chi connectivity index (χ2n) is 8.58. The zero-order chi connectivity index (χ0) is 24.8. The smallest absolute Gasteiger partial charge is 0.264 e. The summed E-state index contributed by atoms with van der Waals surface area (Å²) in [5.41, 5.74) is 2.92. The van der Waals surface area contributed by atoms with E-state index in [0.29, 0.717) is 26.2 Å². The van der Waals surface area contributed by atoms with Crippen LogP contribution >= 0.6 is 0 Å². The highest BCUT2D eigenvalue weighted by Gasteiger charge is 2.24. The number of amides is 2. The quantitative estimate of drug-likeness (QED) is 0.390. The molecule has 0 spiro atoms. The van der Waals surface area contributed by atoms with Gasteiger partial charge in [-0.05, 0) is 38.1 Å². The lowest BCUT2D eigenvalue weighted by molar-refractivity contribution is -0.131. The number of aromatic nitrogens is 1. The number of nitrogens with zero attached hydrogens (tertiary/aromatic N) is 5. The summed E-state index contributed by atoms with van der Waals surface area (Å²) >= 11 is 0. The summed E-state index contributed by atoms with van der Waals surface area (Å²) in [6.07, 6.45) is 3.52. The van der Waals surface area contributed by atoms with Crippen molar-refractivity contribution in [1.29, 1.82) is 5.26 Å². The van der Waals surface area contributed by atoms with E-state index in [2.05, 4.69) is 23.1 Å². The number of carbonyl (C=O) groups is 2. The molecule has 0 aliphatic carbocycles. The van der Waals surface area contributed by atoms with Gasteiger partial charge in [0, 0.05) is 67.6 Å². The first-order valence-electron chi connectivity index (χ1n) is 12.1. The van der Waals surface area contributed by atoms with Gasteiger partial charge in [-0.15, -0.1) is 0 Å². The number of anilines is 1. The molecule has 35 heavy (non-hydrogen) atoms. The third-order valence-corrected chi connectivity index (χ3v) is 6.58. The summed E-state index contributed by atoms with van der Waals surface area (Å²) in [4.78, 5) is 31.7. The molecule has 1 aromatic heterocycles. The first-order chi connectivity index (χ1) is 17.0. The third kappa shape index (κ3) is 5.22. The monoisotopic (exact) mass is 469 g/mol. The van der Waals surface area contributed by atoms with Gasteiger partial charge in [-0.1, -0.05) is 36.4 Å². The van der Waals surface area contributed by atoms with E-state index < -0.39 is 0 Å². The van der Waals surface area contributed by atoms with E-state index in [-0.39, 0.29) is 23.9 Å². The minimum Gasteiger partial charge on any atom is -0.368 e. The van der Waals surface area contributed by atoms with Crippen LogP contribution in [0.1, 0.15) is 19.4 Å². The first kappa shape index (κ1) is 24.1. The lowest BCUT2D eigenvalue weighted by Gasteiger charge is -2.36. The van der Waals surface area contributed by atoms with Crippen molar-refractivity contribution in [2.45, 2.75) is 20.4 Å². The fourth-order valence-electron chi connectivity index (χ4n) is 4.62. The van der Waals surface area contributed by atoms with Gasteiger partial charge in [0.25, 0.3) is 5.91 Å². The molecule has 180 valence electrons. The Morgan fingerprint density at radius 3 is 2.29 bits per heavy atom. The normalized spacial score (nSPS) is 14.1. The Balaban J connectivity index is 1.54. The lowest BCUT2D eigenvalue weighted by atomic mass is 10.1. The number of nitriles is 1. The Hall–Kier alpha value is -4.05. The molecule has 0 N–H and O–H groups in total. The van der Waals surface area contributed by atoms with E-state index in [1.165, 1.54) is 0 Å². The van der Waals surface area contributed by atoms with Gasteiger partial charge in [-0.3, -0.25) is 9.59 Å². The summed E-state index contributed by atoms with van der Waals surface area (Å²) in [6.45, 7) is 8.04. The SMILES string of the molecule is CCN(CC)C(=O)Cn1cc(/C=C(\C#N)C(=O)N2CCN(c3ccccc3)CC2)c2ccccc21. The van der Waals surface area contributed by atoms with Crippen LogP contribution in [0.5, 0.6) is 0 Å². The lowest BCUT2D eigenvalue weighted by Crippen LogP contribution is -2.49. The van der Waals surface area contributed by atoms with E-state index in [1.807, 2.05) is 67.1 Å². The van der Waals surface area contributed by atoms with E-state index >= 15 is 0 Å². The van der Waals surface area contributed by atoms with E-state index in [9.17, 15) is 14.9 Å². The van der Waals surface area contributed by atoms with Gasteiger partial charge in [-0.25, -0.2) is 0 Å². The van der Waals surface area contributed by atoms with Crippen LogP contribution in [-0.2, 0) is 16.1 Å². The number of likely N-dealkylation sites (N-methyl/N-ethyl adjacent to an activating group) is 1. The molecule has 0 unspecified atom stereocenters. The Morgan fingerprint density at radius 2 is 1.63 bits per heavy atom. The average molecular weight is 470 g/mol. The number of hydrogen-bond donors (Lipinski definition) is 0. The zero-order valence-electron chi connectivity index (χ0n) is 20.4. The molecule has 1 aliphatic rings. The summed E-state index contributed by atoms with van der Waals surface area (Å²) in [5, 5.41) is 10.7. The van der Waals surface area contributed by atoms with Gasteiger partial charge in [0.2, 0.25) is 5.91 Å². The van der Waals surface area contributed by atoms with Crippen LogP contribution in [0.2, 0.25) is 0 Å². The maximum Gasteiger partial charge on any atom is 0.264 e. The highest BCUT2D eigenvalue weighted by Crippen LogP contribution is 2.25. The summed E-state index contributed by atoms with van der Waals surface area (Å²) in [5.74, 6) is -0.213. The van der Waals surface area contributed by atoms with Crippen LogP contribution in [0, 0.1) is 11.3 Å². The summed E-state index contributed by atoms with van der Waals surface area (Å²) in [7, 11) is 0. The molecular formula is C28H31N5O2. The molecule has 2 heterocycles. The minimum atomic E-state index is -0.253. The van der Waals surface area contributed by atoms with Gasteiger partial charge in [0.1, 0.15) is 18.2 Å². The van der Waals surface area contributed by atoms with Crippen molar-refractivity contribution in [3.8, 4) is 6.07 Å². The summed E-state index contributed by atoms with van der Waals surface area (Å²) < 4.78 is 1.90. The molecule has 0 bridgehead atoms. The van der Waals surface area contributed by atoms with Crippen molar-refractivity contribution >= 4 is 34.5 Å². The van der Waals surface area contributed by atoms with Crippen molar-refractivity contribution in [2.75, 3.05) is 44.2 Å². The number of para-hydroxylation sites is 2. The zero-order valence-corrected chi connectivity index (χ0v) is 20.4. The minimum absolute atomic E-state index is 0.0409. The maximum absolute atomic E-state index is 13.2. The van der Waals surface area contributed by atoms with Crippen LogP contribution in [0.25, 0.3) is 17.0 Å². The Labute approximate surface area is 206 Å². The highest BCUT2D eigenvalue weighted by molar-refractivity contribution is 6.04. The number of benzene rings is 2. The molecule has 0 atom stereocenters. The number of carbonyl (C=O) groups excluding carboxylic acids is 2. The standard InChI is InChI=1S/C28H31N5O2/c1-3-30(4-2)27(34)21-33-20-23(25-12-8-9-13-26(25)33)18-22(19-29)28(35)32-16-14-31(15-17-32)24-10-6-5-7-11-24/h5-13,18,20H,3-4,14-17,21H2,1-2H3/b22-18+. The Kier molecular flexibility index (Phi) is 7.51. The molecule has 4 rings (SSSR count). The molecule has 3 aromatic rings. The highest BCUT2D eigenvalue weighted by atomic mass is 16.2. The molecule has 2 aromatic carbocycles. The van der Waals surface area contributed by atoms with E-state index in [0.717, 1.165) is 35.2 Å². The Bertz CT molecular complexity index is 1260. The van der Waals surface area contributed by atoms with Gasteiger partial charge >= 0.3 is 0 Å². The largest absolute Gasteiger partial charge is 0.368 e. The molecule has 1 fully saturated rings. The molecule has 1 saturated heterocycles. The molecule has 7 heteroatoms. The van der Waals surface area contributed by atoms with E-state index in [4.69, 9.17) is 0 Å². The van der Waals surface area contributed by atoms with Crippen LogP contribution in [0.15, 0.2) is 66.4 Å². The predicted octanol–water partition coefficient (Wildman–Crippen LogP) is 3.77. The van der Waals surface area contributed by atoms with Gasteiger partial charge in [-0.2, -0.15) is 5.26 Å². The van der Waals surface area contributed by atoms with Crippen LogP contribution in [0.3, 0.4) is 0 Å². The average Bonchev–Trinajstić information content (AvgIpc) is 3.25. The second kappa shape index (κ2) is 10.9. The number of piperazine rings is 1. The maximum atomic E-state index is 13.2. The topological polar surface area (TPSA) is 72.6 Å². The van der Waals surface area contributed by atoms with Gasteiger partial charge in [0.05, 0.1) is 0 Å². The van der Waals surface area contributed by atoms with Crippen molar-refractivity contribution < 1.29 is 9.59 Å². The van der Waals surface area contributed by atoms with Crippen molar-refractivity contribution in [3.05, 3.63) is 71.9 Å². The number of fused-ring (bicyclic) bond motifs is 1. The van der Waals surface area contributed by atoms with Crippen molar-refractivity contribution in [1.82, 2.24) is 14.4 Å². The molecule has 0 saturated carbocycles. The molecule has 1 aliphatic heterocycles. The van der Waals surface area contributed by atoms with Crippen LogP contribution in [0.4, 0.5) is 5.69 Å². The van der Waals surface area contributed by atoms with Gasteiger partial charge < -0.3 is 19.3 Å². The predicted molar refractivity (Wildman–Crippen MR) is 139 cm³/mol. The fraction of sp³-hybridized carbons (Fsp3) is 0.321. The van der Waals surface area contributed by atoms with Crippen molar-refractivity contribution in [2.24, 2.45) is 0 Å². The fourth-order valence-corrected chi connectivity index (χ4v) is 4.62. The molecule has 2 amide bonds. The first-order valence-corrected chi connectivity index (χ1v) is 12.1.